The summed E-state index contributed by atoms with van der Waals surface area (Å²) >= 11 is 0. The van der Waals surface area contributed by atoms with Crippen LogP contribution in [0.4, 0.5) is 0 Å². The maximum Gasteiger partial charge on any atom is 0.257 e. The summed E-state index contributed by atoms with van der Waals surface area (Å²) in [5.41, 5.74) is 1.44. The van der Waals surface area contributed by atoms with Crippen LogP contribution in [0.3, 0.4) is 0 Å². The zero-order valence-electron chi connectivity index (χ0n) is 18.0. The number of pyridine rings is 2. The monoisotopic (exact) mass is 416 g/mol. The second-order valence-electron chi connectivity index (χ2n) is 8.16. The van der Waals surface area contributed by atoms with Crippen LogP contribution >= 0.6 is 0 Å². The van der Waals surface area contributed by atoms with Gasteiger partial charge in [-0.2, -0.15) is 0 Å². The number of nitrogens with zero attached hydrogens (tertiary/aromatic N) is 3. The Balaban J connectivity index is 1.44. The summed E-state index contributed by atoms with van der Waals surface area (Å²) in [6.07, 6.45) is 7.12. The van der Waals surface area contributed by atoms with Gasteiger partial charge in [0.1, 0.15) is 11.3 Å². The first-order chi connectivity index (χ1) is 15.1. The Bertz CT molecular complexity index is 1000. The second-order valence-corrected chi connectivity index (χ2v) is 8.16. The topological polar surface area (TPSA) is 67.4 Å². The molecule has 0 radical (unpaired) electrons. The highest BCUT2D eigenvalue weighted by atomic mass is 16.5. The van der Waals surface area contributed by atoms with E-state index < -0.39 is 0 Å². The third-order valence-electron chi connectivity index (χ3n) is 6.12. The minimum atomic E-state index is -0.153. The van der Waals surface area contributed by atoms with E-state index in [1.165, 1.54) is 0 Å². The van der Waals surface area contributed by atoms with Gasteiger partial charge in [-0.15, -0.1) is 0 Å². The molecule has 31 heavy (non-hydrogen) atoms. The molecule has 0 bridgehead atoms. The number of para-hydroxylation sites is 1. The first-order valence-corrected chi connectivity index (χ1v) is 10.7. The van der Waals surface area contributed by atoms with E-state index in [9.17, 15) is 4.79 Å². The number of carbonyl (C=O) groups excluding carboxylic acids is 1. The largest absolute Gasteiger partial charge is 0.438 e. The van der Waals surface area contributed by atoms with Crippen LogP contribution in [0.1, 0.15) is 41.7 Å². The molecule has 1 amide bonds. The molecule has 0 spiro atoms. The van der Waals surface area contributed by atoms with Crippen molar-refractivity contribution in [2.75, 3.05) is 14.1 Å². The molecule has 2 heterocycles. The maximum atomic E-state index is 13.0. The van der Waals surface area contributed by atoms with Gasteiger partial charge < -0.3 is 10.1 Å². The normalized spacial score (nSPS) is 20.9. The van der Waals surface area contributed by atoms with Gasteiger partial charge in [0.05, 0.1) is 11.2 Å². The number of benzene rings is 1. The zero-order chi connectivity index (χ0) is 21.7. The molecule has 4 rings (SSSR count). The molecule has 1 aliphatic carbocycles. The standard InChI is InChI=1S/C25H28N4O2/c1-29(2)25(22-12-6-7-17-26-22)15-13-19(14-16-25)28-23(30)21-11-8-18-27-24(21)31-20-9-4-3-5-10-20/h3-12,17-19H,13-16H2,1-2H3,(H,28,30). The Labute approximate surface area is 183 Å². The van der Waals surface area contributed by atoms with Gasteiger partial charge >= 0.3 is 0 Å². The minimum absolute atomic E-state index is 0.0988. The van der Waals surface area contributed by atoms with E-state index >= 15 is 0 Å². The van der Waals surface area contributed by atoms with Crippen LogP contribution in [-0.2, 0) is 5.54 Å². The Hall–Kier alpha value is -3.25. The van der Waals surface area contributed by atoms with Crippen molar-refractivity contribution in [3.05, 3.63) is 84.3 Å². The van der Waals surface area contributed by atoms with E-state index in [4.69, 9.17) is 4.74 Å². The molecule has 0 saturated heterocycles. The fraction of sp³-hybridized carbons (Fsp3) is 0.320. The molecule has 6 nitrogen and oxygen atoms in total. The molecule has 2 aromatic heterocycles. The lowest BCUT2D eigenvalue weighted by Crippen LogP contribution is -2.49. The van der Waals surface area contributed by atoms with Crippen molar-refractivity contribution >= 4 is 5.91 Å². The maximum absolute atomic E-state index is 13.0. The van der Waals surface area contributed by atoms with Crippen LogP contribution < -0.4 is 10.1 Å². The highest BCUT2D eigenvalue weighted by Gasteiger charge is 2.40. The lowest BCUT2D eigenvalue weighted by molar-refractivity contribution is 0.0732. The van der Waals surface area contributed by atoms with Gasteiger partial charge in [-0.1, -0.05) is 24.3 Å². The number of hydrogen-bond donors (Lipinski definition) is 1. The summed E-state index contributed by atoms with van der Waals surface area (Å²) in [5, 5.41) is 3.19. The van der Waals surface area contributed by atoms with Crippen LogP contribution in [0.25, 0.3) is 0 Å². The molecule has 1 saturated carbocycles. The Morgan fingerprint density at radius 3 is 2.35 bits per heavy atom. The third kappa shape index (κ3) is 4.59. The number of rotatable bonds is 6. The van der Waals surface area contributed by atoms with Crippen LogP contribution in [0, 0.1) is 0 Å². The van der Waals surface area contributed by atoms with Crippen LogP contribution in [0.15, 0.2) is 73.1 Å². The molecule has 3 aromatic rings. The zero-order valence-corrected chi connectivity index (χ0v) is 18.0. The third-order valence-corrected chi connectivity index (χ3v) is 6.12. The average Bonchev–Trinajstić information content (AvgIpc) is 2.81. The molecular formula is C25H28N4O2. The average molecular weight is 417 g/mol. The number of nitrogens with one attached hydrogen (secondary N) is 1. The van der Waals surface area contributed by atoms with Crippen LogP contribution in [-0.4, -0.2) is 40.9 Å². The smallest absolute Gasteiger partial charge is 0.257 e. The quantitative estimate of drug-likeness (QED) is 0.645. The molecule has 0 unspecified atom stereocenters. The van der Waals surface area contributed by atoms with Crippen molar-refractivity contribution < 1.29 is 9.53 Å². The van der Waals surface area contributed by atoms with E-state index in [2.05, 4.69) is 40.3 Å². The van der Waals surface area contributed by atoms with E-state index in [1.807, 2.05) is 48.7 Å². The SMILES string of the molecule is CN(C)C1(c2ccccn2)CCC(NC(=O)c2cccnc2Oc2ccccc2)CC1. The fourth-order valence-electron chi connectivity index (χ4n) is 4.32. The van der Waals surface area contributed by atoms with Crippen molar-refractivity contribution in [3.8, 4) is 11.6 Å². The van der Waals surface area contributed by atoms with Crippen molar-refractivity contribution in [3.63, 3.8) is 0 Å². The van der Waals surface area contributed by atoms with Gasteiger partial charge in [-0.3, -0.25) is 14.7 Å². The predicted octanol–water partition coefficient (Wildman–Crippen LogP) is 4.40. The summed E-state index contributed by atoms with van der Waals surface area (Å²) in [6.45, 7) is 0. The molecule has 0 aliphatic heterocycles. The summed E-state index contributed by atoms with van der Waals surface area (Å²) in [7, 11) is 4.22. The van der Waals surface area contributed by atoms with Gasteiger partial charge in [-0.05, 0) is 76.2 Å². The Kier molecular flexibility index (Phi) is 6.28. The highest BCUT2D eigenvalue weighted by molar-refractivity contribution is 5.96. The minimum Gasteiger partial charge on any atom is -0.438 e. The summed E-state index contributed by atoms with van der Waals surface area (Å²) in [5.74, 6) is 0.816. The van der Waals surface area contributed by atoms with E-state index in [0.717, 1.165) is 31.4 Å². The Morgan fingerprint density at radius 2 is 1.68 bits per heavy atom. The van der Waals surface area contributed by atoms with Gasteiger partial charge in [-0.25, -0.2) is 4.98 Å². The molecule has 1 fully saturated rings. The molecule has 0 atom stereocenters. The fourth-order valence-corrected chi connectivity index (χ4v) is 4.32. The summed E-state index contributed by atoms with van der Waals surface area (Å²) in [6, 6.07) is 19.1. The van der Waals surface area contributed by atoms with Gasteiger partial charge in [0.15, 0.2) is 0 Å². The van der Waals surface area contributed by atoms with Crippen molar-refractivity contribution in [1.82, 2.24) is 20.2 Å². The molecular weight excluding hydrogens is 388 g/mol. The summed E-state index contributed by atoms with van der Waals surface area (Å²) in [4.78, 5) is 24.2. The Morgan fingerprint density at radius 1 is 0.968 bits per heavy atom. The molecule has 1 N–H and O–H groups in total. The molecule has 1 aromatic carbocycles. The number of carbonyl (C=O) groups is 1. The molecule has 160 valence electrons. The number of hydrogen-bond acceptors (Lipinski definition) is 5. The van der Waals surface area contributed by atoms with Crippen LogP contribution in [0.5, 0.6) is 11.6 Å². The number of amides is 1. The van der Waals surface area contributed by atoms with Crippen molar-refractivity contribution in [1.29, 1.82) is 0 Å². The van der Waals surface area contributed by atoms with Crippen molar-refractivity contribution in [2.24, 2.45) is 0 Å². The lowest BCUT2D eigenvalue weighted by Gasteiger charge is -2.44. The van der Waals surface area contributed by atoms with Gasteiger partial charge in [0.25, 0.3) is 5.91 Å². The number of aromatic nitrogens is 2. The van der Waals surface area contributed by atoms with E-state index in [-0.39, 0.29) is 17.5 Å². The van der Waals surface area contributed by atoms with Gasteiger partial charge in [0.2, 0.25) is 5.88 Å². The van der Waals surface area contributed by atoms with Gasteiger partial charge in [0, 0.05) is 18.4 Å². The van der Waals surface area contributed by atoms with Crippen molar-refractivity contribution in [2.45, 2.75) is 37.3 Å². The summed E-state index contributed by atoms with van der Waals surface area (Å²) < 4.78 is 5.86. The second kappa shape index (κ2) is 9.27. The lowest BCUT2D eigenvalue weighted by atomic mass is 9.76. The highest BCUT2D eigenvalue weighted by Crippen LogP contribution is 2.40. The first-order valence-electron chi connectivity index (χ1n) is 10.7. The molecule has 6 heteroatoms. The van der Waals surface area contributed by atoms with E-state index in [1.54, 1.807) is 18.3 Å². The van der Waals surface area contributed by atoms with Crippen LogP contribution in [0.2, 0.25) is 0 Å². The first kappa shape index (κ1) is 21.0. The number of ether oxygens (including phenoxy) is 1. The predicted molar refractivity (Wildman–Crippen MR) is 120 cm³/mol. The molecule has 1 aliphatic rings. The van der Waals surface area contributed by atoms with E-state index in [0.29, 0.717) is 17.2 Å².